The molecule has 9 atom stereocenters. The molecule has 1 aliphatic heterocycles. The van der Waals surface area contributed by atoms with Crippen molar-refractivity contribution < 1.29 is 24.5 Å². The summed E-state index contributed by atoms with van der Waals surface area (Å²) in [4.78, 5) is 24.7. The molecule has 150 valence electrons. The number of ether oxygens (including phenoxy) is 1. The van der Waals surface area contributed by atoms with E-state index in [1.165, 1.54) is 0 Å². The SMILES string of the molecule is C[C@H]1C[C@H]2[C@H]3CC[C@@H]4CC(=O)CC[C@@]4(C)[C@@]34O[C@H]4C[C@@]2(C)[C@]1(O)C(=O)CO. The molecule has 4 saturated carbocycles. The Balaban J connectivity index is 1.56. The summed E-state index contributed by atoms with van der Waals surface area (Å²) in [5.41, 5.74) is -2.16. The Morgan fingerprint density at radius 3 is 2.67 bits per heavy atom. The summed E-state index contributed by atoms with van der Waals surface area (Å²) in [5.74, 6) is 0.765. The van der Waals surface area contributed by atoms with Gasteiger partial charge in [-0.05, 0) is 55.8 Å². The van der Waals surface area contributed by atoms with Crippen LogP contribution in [0.2, 0.25) is 0 Å². The number of carbonyl (C=O) groups is 2. The minimum Gasteiger partial charge on any atom is -0.388 e. The van der Waals surface area contributed by atoms with Gasteiger partial charge in [-0.2, -0.15) is 0 Å². The number of carbonyl (C=O) groups excluding carboxylic acids is 2. The zero-order chi connectivity index (χ0) is 19.4. The van der Waals surface area contributed by atoms with Crippen LogP contribution in [0.5, 0.6) is 0 Å². The van der Waals surface area contributed by atoms with Crippen molar-refractivity contribution in [1.29, 1.82) is 0 Å². The zero-order valence-electron chi connectivity index (χ0n) is 16.7. The number of ketones is 2. The van der Waals surface area contributed by atoms with E-state index >= 15 is 0 Å². The molecule has 1 saturated heterocycles. The highest BCUT2D eigenvalue weighted by Gasteiger charge is 2.82. The van der Waals surface area contributed by atoms with Crippen molar-refractivity contribution in [3.63, 3.8) is 0 Å². The average Bonchev–Trinajstić information content (AvgIpc) is 3.31. The molecule has 0 aromatic heterocycles. The zero-order valence-corrected chi connectivity index (χ0v) is 16.7. The molecule has 4 aliphatic carbocycles. The molecule has 5 nitrogen and oxygen atoms in total. The highest BCUT2D eigenvalue weighted by atomic mass is 16.6. The fourth-order valence-corrected chi connectivity index (χ4v) is 8.55. The van der Waals surface area contributed by atoms with Crippen LogP contribution >= 0.6 is 0 Å². The van der Waals surface area contributed by atoms with Crippen LogP contribution in [-0.4, -0.2) is 45.7 Å². The molecule has 27 heavy (non-hydrogen) atoms. The van der Waals surface area contributed by atoms with Gasteiger partial charge in [0.1, 0.15) is 23.6 Å². The maximum atomic E-state index is 12.6. The van der Waals surface area contributed by atoms with Gasteiger partial charge in [-0.3, -0.25) is 9.59 Å². The predicted octanol–water partition coefficient (Wildman–Crippen LogP) is 2.27. The van der Waals surface area contributed by atoms with Crippen LogP contribution in [-0.2, 0) is 14.3 Å². The molecule has 0 radical (unpaired) electrons. The summed E-state index contributed by atoms with van der Waals surface area (Å²) in [6, 6.07) is 0. The molecule has 2 N–H and O–H groups in total. The number of aliphatic hydroxyl groups excluding tert-OH is 1. The van der Waals surface area contributed by atoms with E-state index in [4.69, 9.17) is 4.74 Å². The van der Waals surface area contributed by atoms with E-state index in [-0.39, 0.29) is 29.0 Å². The smallest absolute Gasteiger partial charge is 0.190 e. The van der Waals surface area contributed by atoms with Crippen LogP contribution in [0.4, 0.5) is 0 Å². The second-order valence-electron chi connectivity index (χ2n) is 10.7. The van der Waals surface area contributed by atoms with Crippen molar-refractivity contribution in [3.05, 3.63) is 0 Å². The van der Waals surface area contributed by atoms with Crippen LogP contribution in [0.15, 0.2) is 0 Å². The van der Waals surface area contributed by atoms with E-state index in [0.717, 1.165) is 25.7 Å². The number of hydrogen-bond donors (Lipinski definition) is 2. The second kappa shape index (κ2) is 5.22. The monoisotopic (exact) mass is 376 g/mol. The Bertz CT molecular complexity index is 719. The highest BCUT2D eigenvalue weighted by Crippen LogP contribution is 2.77. The van der Waals surface area contributed by atoms with Gasteiger partial charge in [0.25, 0.3) is 0 Å². The Labute approximate surface area is 160 Å². The molecule has 0 amide bonds. The van der Waals surface area contributed by atoms with Crippen molar-refractivity contribution in [2.75, 3.05) is 6.61 Å². The lowest BCUT2D eigenvalue weighted by atomic mass is 9.44. The summed E-state index contributed by atoms with van der Waals surface area (Å²) in [6.45, 7) is 5.75. The van der Waals surface area contributed by atoms with E-state index in [1.54, 1.807) is 0 Å². The van der Waals surface area contributed by atoms with Crippen LogP contribution in [0, 0.1) is 34.5 Å². The molecule has 0 aromatic rings. The normalized spacial score (nSPS) is 58.7. The highest BCUT2D eigenvalue weighted by molar-refractivity contribution is 5.90. The van der Waals surface area contributed by atoms with E-state index in [9.17, 15) is 19.8 Å². The summed E-state index contributed by atoms with van der Waals surface area (Å²) in [5, 5.41) is 21.1. The van der Waals surface area contributed by atoms with E-state index in [2.05, 4.69) is 13.8 Å². The van der Waals surface area contributed by atoms with Crippen LogP contribution in [0.25, 0.3) is 0 Å². The lowest BCUT2D eigenvalue weighted by Crippen LogP contribution is -2.64. The third-order valence-corrected chi connectivity index (χ3v) is 10.00. The number of fused-ring (bicyclic) bond motifs is 3. The summed E-state index contributed by atoms with van der Waals surface area (Å²) < 4.78 is 6.52. The number of aliphatic hydroxyl groups is 2. The fraction of sp³-hybridized carbons (Fsp3) is 0.909. The minimum absolute atomic E-state index is 0.0285. The van der Waals surface area contributed by atoms with Crippen LogP contribution in [0.1, 0.15) is 65.7 Å². The molecule has 5 aliphatic rings. The quantitative estimate of drug-likeness (QED) is 0.722. The van der Waals surface area contributed by atoms with E-state index in [0.29, 0.717) is 36.9 Å². The lowest BCUT2D eigenvalue weighted by Gasteiger charge is -2.58. The van der Waals surface area contributed by atoms with Gasteiger partial charge in [0.2, 0.25) is 0 Å². The first-order valence-electron chi connectivity index (χ1n) is 10.7. The molecule has 5 fully saturated rings. The first-order valence-corrected chi connectivity index (χ1v) is 10.7. The number of hydrogen-bond acceptors (Lipinski definition) is 5. The maximum absolute atomic E-state index is 12.6. The molecular formula is C22H32O5. The van der Waals surface area contributed by atoms with Gasteiger partial charge < -0.3 is 14.9 Å². The topological polar surface area (TPSA) is 87.1 Å². The average molecular weight is 376 g/mol. The molecule has 0 unspecified atom stereocenters. The summed E-state index contributed by atoms with van der Waals surface area (Å²) in [6.07, 6.45) is 5.85. The largest absolute Gasteiger partial charge is 0.388 e. The molecule has 5 rings (SSSR count). The van der Waals surface area contributed by atoms with Gasteiger partial charge in [-0.1, -0.05) is 20.8 Å². The Morgan fingerprint density at radius 2 is 1.96 bits per heavy atom. The number of rotatable bonds is 2. The fourth-order valence-electron chi connectivity index (χ4n) is 8.55. The van der Waals surface area contributed by atoms with Gasteiger partial charge in [0.15, 0.2) is 5.78 Å². The molecule has 0 bridgehead atoms. The maximum Gasteiger partial charge on any atom is 0.190 e. The van der Waals surface area contributed by atoms with Gasteiger partial charge in [0, 0.05) is 23.7 Å². The second-order valence-corrected chi connectivity index (χ2v) is 10.7. The van der Waals surface area contributed by atoms with Crippen molar-refractivity contribution in [2.45, 2.75) is 83.0 Å². The molecule has 5 heteroatoms. The van der Waals surface area contributed by atoms with Crippen molar-refractivity contribution >= 4 is 11.6 Å². The van der Waals surface area contributed by atoms with Gasteiger partial charge >= 0.3 is 0 Å². The summed E-state index contributed by atoms with van der Waals surface area (Å²) >= 11 is 0. The third kappa shape index (κ3) is 1.83. The molecule has 0 aromatic carbocycles. The minimum atomic E-state index is -1.47. The van der Waals surface area contributed by atoms with Crippen molar-refractivity contribution in [3.8, 4) is 0 Å². The summed E-state index contributed by atoms with van der Waals surface area (Å²) in [7, 11) is 0. The van der Waals surface area contributed by atoms with Crippen LogP contribution < -0.4 is 0 Å². The van der Waals surface area contributed by atoms with Gasteiger partial charge in [-0.25, -0.2) is 0 Å². The van der Waals surface area contributed by atoms with Crippen molar-refractivity contribution in [2.24, 2.45) is 34.5 Å². The van der Waals surface area contributed by atoms with E-state index in [1.807, 2.05) is 6.92 Å². The lowest BCUT2D eigenvalue weighted by molar-refractivity contribution is -0.170. The Morgan fingerprint density at radius 1 is 1.22 bits per heavy atom. The Hall–Kier alpha value is -0.780. The first kappa shape index (κ1) is 18.3. The standard InChI is InChI=1S/C22H32O5/c1-12-8-16-15-5-4-13-9-14(24)6-7-19(13,2)22(15)18(27-22)10-20(16,3)21(12,26)17(25)11-23/h12-13,15-16,18,23,26H,4-11H2,1-3H3/t12-,13+,15+,16-,18-,19+,20+,21+,22+/m0/s1. The molecule has 1 spiro atoms. The number of epoxide rings is 1. The molecular weight excluding hydrogens is 344 g/mol. The first-order chi connectivity index (χ1) is 12.6. The van der Waals surface area contributed by atoms with E-state index < -0.39 is 23.4 Å². The molecule has 1 heterocycles. The predicted molar refractivity (Wildman–Crippen MR) is 97.8 cm³/mol. The van der Waals surface area contributed by atoms with Crippen molar-refractivity contribution in [1.82, 2.24) is 0 Å². The van der Waals surface area contributed by atoms with Gasteiger partial charge in [0.05, 0.1) is 6.10 Å². The van der Waals surface area contributed by atoms with Crippen LogP contribution in [0.3, 0.4) is 0 Å². The third-order valence-electron chi connectivity index (χ3n) is 10.00. The Kier molecular flexibility index (Phi) is 3.53. The van der Waals surface area contributed by atoms with Gasteiger partial charge in [-0.15, -0.1) is 0 Å². The number of Topliss-reactive ketones (excluding diaryl/α,β-unsaturated/α-hetero) is 2.